The van der Waals surface area contributed by atoms with E-state index in [-0.39, 0.29) is 11.6 Å². The molecule has 88 valence electrons. The molecule has 0 spiro atoms. The molecular weight excluding hydrogens is 190 g/mol. The molecule has 1 atom stereocenters. The molecule has 0 aromatic rings. The van der Waals surface area contributed by atoms with Crippen LogP contribution in [0.15, 0.2) is 0 Å². The summed E-state index contributed by atoms with van der Waals surface area (Å²) in [6.07, 6.45) is 0.128. The van der Waals surface area contributed by atoms with Crippen LogP contribution in [0.2, 0.25) is 0 Å². The monoisotopic (exact) mass is 213 g/mol. The Labute approximate surface area is 92.9 Å². The minimum Gasteiger partial charge on any atom is -0.390 e. The van der Waals surface area contributed by atoms with Gasteiger partial charge in [0, 0.05) is 31.6 Å². The maximum absolute atomic E-state index is 9.70. The van der Waals surface area contributed by atoms with Crippen LogP contribution in [0.25, 0.3) is 0 Å². The molecule has 4 nitrogen and oxygen atoms in total. The average molecular weight is 213 g/mol. The highest BCUT2D eigenvalue weighted by Gasteiger charge is 2.13. The van der Waals surface area contributed by atoms with Crippen LogP contribution in [0, 0.1) is 11.3 Å². The molecule has 0 amide bonds. The van der Waals surface area contributed by atoms with Crippen molar-refractivity contribution >= 4 is 0 Å². The number of aliphatic hydroxyl groups excluding tert-OH is 1. The summed E-state index contributed by atoms with van der Waals surface area (Å²) in [6, 6.07) is 2.09. The van der Waals surface area contributed by atoms with Crippen LogP contribution in [-0.2, 0) is 0 Å². The van der Waals surface area contributed by atoms with E-state index in [0.717, 1.165) is 0 Å². The quantitative estimate of drug-likeness (QED) is 0.677. The largest absolute Gasteiger partial charge is 0.390 e. The van der Waals surface area contributed by atoms with Crippen molar-refractivity contribution in [1.29, 1.82) is 5.26 Å². The third kappa shape index (κ3) is 9.67. The summed E-state index contributed by atoms with van der Waals surface area (Å²) in [5, 5.41) is 21.3. The number of nitriles is 1. The number of rotatable bonds is 6. The molecule has 0 saturated heterocycles. The van der Waals surface area contributed by atoms with Gasteiger partial charge in [-0.05, 0) is 27.8 Å². The van der Waals surface area contributed by atoms with Crippen molar-refractivity contribution in [3.8, 4) is 6.07 Å². The van der Waals surface area contributed by atoms with E-state index in [1.54, 1.807) is 0 Å². The van der Waals surface area contributed by atoms with Gasteiger partial charge in [-0.3, -0.25) is 0 Å². The molecule has 0 saturated carbocycles. The lowest BCUT2D eigenvalue weighted by Crippen LogP contribution is -2.44. The van der Waals surface area contributed by atoms with Crippen LogP contribution < -0.4 is 5.32 Å². The van der Waals surface area contributed by atoms with E-state index in [1.807, 2.05) is 11.9 Å². The molecule has 15 heavy (non-hydrogen) atoms. The first-order chi connectivity index (χ1) is 6.85. The van der Waals surface area contributed by atoms with E-state index in [4.69, 9.17) is 5.26 Å². The number of β-amino-alcohol motifs (C(OH)–C–C–N with tert-alkyl or cyclic N) is 1. The number of likely N-dealkylation sites (N-methyl/N-ethyl adjacent to an activating group) is 1. The highest BCUT2D eigenvalue weighted by atomic mass is 16.3. The summed E-state index contributed by atoms with van der Waals surface area (Å²) in [5.74, 6) is 0. The molecule has 0 aromatic carbocycles. The molecule has 0 bridgehead atoms. The van der Waals surface area contributed by atoms with Crippen molar-refractivity contribution in [3.63, 3.8) is 0 Å². The zero-order valence-electron chi connectivity index (χ0n) is 10.2. The normalized spacial score (nSPS) is 13.9. The zero-order valence-corrected chi connectivity index (χ0v) is 10.2. The predicted octanol–water partition coefficient (Wildman–Crippen LogP) is 0.581. The molecule has 2 N–H and O–H groups in total. The summed E-state index contributed by atoms with van der Waals surface area (Å²) < 4.78 is 0. The molecular formula is C11H23N3O. The Morgan fingerprint density at radius 3 is 2.53 bits per heavy atom. The van der Waals surface area contributed by atoms with E-state index in [0.29, 0.717) is 26.1 Å². The predicted molar refractivity (Wildman–Crippen MR) is 61.5 cm³/mol. The highest BCUT2D eigenvalue weighted by molar-refractivity contribution is 4.75. The molecule has 0 aliphatic rings. The summed E-state index contributed by atoms with van der Waals surface area (Å²) in [5.41, 5.74) is 0.0339. The fourth-order valence-electron chi connectivity index (χ4n) is 1.18. The van der Waals surface area contributed by atoms with Crippen molar-refractivity contribution in [2.75, 3.05) is 26.7 Å². The minimum atomic E-state index is -0.382. The van der Waals surface area contributed by atoms with Crippen LogP contribution in [0.3, 0.4) is 0 Å². The lowest BCUT2D eigenvalue weighted by Gasteiger charge is -2.25. The summed E-state index contributed by atoms with van der Waals surface area (Å²) in [7, 11) is 1.91. The molecule has 0 heterocycles. The zero-order chi connectivity index (χ0) is 11.9. The Morgan fingerprint density at radius 2 is 2.07 bits per heavy atom. The van der Waals surface area contributed by atoms with Crippen molar-refractivity contribution < 1.29 is 5.11 Å². The Bertz CT molecular complexity index is 205. The van der Waals surface area contributed by atoms with Crippen LogP contribution in [0.1, 0.15) is 27.2 Å². The smallest absolute Gasteiger partial charge is 0.0791 e. The van der Waals surface area contributed by atoms with Gasteiger partial charge in [0.05, 0.1) is 12.2 Å². The van der Waals surface area contributed by atoms with Gasteiger partial charge in [-0.15, -0.1) is 0 Å². The highest BCUT2D eigenvalue weighted by Crippen LogP contribution is 1.99. The van der Waals surface area contributed by atoms with Gasteiger partial charge in [0.15, 0.2) is 0 Å². The van der Waals surface area contributed by atoms with Gasteiger partial charge < -0.3 is 15.3 Å². The first-order valence-corrected chi connectivity index (χ1v) is 5.34. The van der Waals surface area contributed by atoms with Gasteiger partial charge in [-0.25, -0.2) is 0 Å². The van der Waals surface area contributed by atoms with Gasteiger partial charge in [0.1, 0.15) is 0 Å². The van der Waals surface area contributed by atoms with Gasteiger partial charge in [0.2, 0.25) is 0 Å². The van der Waals surface area contributed by atoms with Crippen LogP contribution >= 0.6 is 0 Å². The molecule has 1 unspecified atom stereocenters. The Morgan fingerprint density at radius 1 is 1.47 bits per heavy atom. The molecule has 0 aromatic heterocycles. The second kappa shape index (κ2) is 6.78. The van der Waals surface area contributed by atoms with E-state index >= 15 is 0 Å². The van der Waals surface area contributed by atoms with Crippen LogP contribution in [0.4, 0.5) is 0 Å². The average Bonchev–Trinajstić information content (AvgIpc) is 2.10. The van der Waals surface area contributed by atoms with Crippen LogP contribution in [-0.4, -0.2) is 48.3 Å². The van der Waals surface area contributed by atoms with E-state index in [2.05, 4.69) is 32.2 Å². The number of hydrogen-bond donors (Lipinski definition) is 2. The van der Waals surface area contributed by atoms with Gasteiger partial charge >= 0.3 is 0 Å². The fourth-order valence-corrected chi connectivity index (χ4v) is 1.18. The van der Waals surface area contributed by atoms with Crippen LogP contribution in [0.5, 0.6) is 0 Å². The fraction of sp³-hybridized carbons (Fsp3) is 0.909. The first kappa shape index (κ1) is 14.4. The molecule has 0 rings (SSSR count). The summed E-state index contributed by atoms with van der Waals surface area (Å²) >= 11 is 0. The molecule has 0 aliphatic heterocycles. The SMILES string of the molecule is CN(CCC#N)CC(O)CNC(C)(C)C. The topological polar surface area (TPSA) is 59.3 Å². The summed E-state index contributed by atoms with van der Waals surface area (Å²) in [6.45, 7) is 8.10. The molecule has 0 fully saturated rings. The van der Waals surface area contributed by atoms with Gasteiger partial charge in [-0.1, -0.05) is 0 Å². The van der Waals surface area contributed by atoms with E-state index < -0.39 is 0 Å². The van der Waals surface area contributed by atoms with Crippen molar-refractivity contribution in [3.05, 3.63) is 0 Å². The molecule has 4 heteroatoms. The summed E-state index contributed by atoms with van der Waals surface area (Å²) in [4.78, 5) is 1.97. The number of hydrogen-bond acceptors (Lipinski definition) is 4. The Hall–Kier alpha value is -0.630. The Balaban J connectivity index is 3.65. The third-order valence-corrected chi connectivity index (χ3v) is 2.00. The molecule has 0 radical (unpaired) electrons. The second-order valence-corrected chi connectivity index (χ2v) is 4.96. The number of nitrogens with zero attached hydrogens (tertiary/aromatic N) is 2. The third-order valence-electron chi connectivity index (χ3n) is 2.00. The van der Waals surface area contributed by atoms with Gasteiger partial charge in [-0.2, -0.15) is 5.26 Å². The molecule has 0 aliphatic carbocycles. The number of aliphatic hydroxyl groups is 1. The minimum absolute atomic E-state index is 0.0339. The Kier molecular flexibility index (Phi) is 6.50. The van der Waals surface area contributed by atoms with E-state index in [9.17, 15) is 5.11 Å². The van der Waals surface area contributed by atoms with Crippen molar-refractivity contribution in [1.82, 2.24) is 10.2 Å². The maximum atomic E-state index is 9.70. The lowest BCUT2D eigenvalue weighted by molar-refractivity contribution is 0.118. The van der Waals surface area contributed by atoms with Crippen molar-refractivity contribution in [2.24, 2.45) is 0 Å². The maximum Gasteiger partial charge on any atom is 0.0791 e. The van der Waals surface area contributed by atoms with E-state index in [1.165, 1.54) is 0 Å². The second-order valence-electron chi connectivity index (χ2n) is 4.96. The standard InChI is InChI=1S/C11H23N3O/c1-11(2,3)13-8-10(15)9-14(4)7-5-6-12/h10,13,15H,5,7-9H2,1-4H3. The van der Waals surface area contributed by atoms with Crippen molar-refractivity contribution in [2.45, 2.75) is 38.8 Å². The first-order valence-electron chi connectivity index (χ1n) is 5.34. The number of nitrogens with one attached hydrogen (secondary N) is 1. The lowest BCUT2D eigenvalue weighted by atomic mass is 10.1. The van der Waals surface area contributed by atoms with Gasteiger partial charge in [0.25, 0.3) is 0 Å².